The molecule has 0 fully saturated rings. The highest BCUT2D eigenvalue weighted by Gasteiger charge is 2.24. The highest BCUT2D eigenvalue weighted by Crippen LogP contribution is 2.36. The van der Waals surface area contributed by atoms with Crippen molar-refractivity contribution >= 4 is 35.0 Å². The Balaban J connectivity index is 1.54. The maximum absolute atomic E-state index is 12.5. The van der Waals surface area contributed by atoms with Crippen LogP contribution in [0.2, 0.25) is 0 Å². The molecule has 0 aromatic heterocycles. The van der Waals surface area contributed by atoms with Gasteiger partial charge in [0, 0.05) is 22.2 Å². The zero-order chi connectivity index (χ0) is 17.4. The van der Waals surface area contributed by atoms with Crippen LogP contribution >= 0.6 is 11.8 Å². The van der Waals surface area contributed by atoms with Gasteiger partial charge in [-0.25, -0.2) is 0 Å². The Morgan fingerprint density at radius 1 is 1.16 bits per heavy atom. The second kappa shape index (κ2) is 6.33. The minimum Gasteiger partial charge on any atom is -0.486 e. The summed E-state index contributed by atoms with van der Waals surface area (Å²) >= 11 is 1.49. The standard InChI is InChI=1S/C18H16N2O4S/c1-10-17(21)20-13-8-11(2-5-16(13)25-10)18(22)19-12-3-4-14-15(9-12)24-7-6-23-14/h2-5,8-10H,6-7H2,1H3,(H,19,22)(H,20,21). The van der Waals surface area contributed by atoms with Crippen LogP contribution in [0.4, 0.5) is 11.4 Å². The lowest BCUT2D eigenvalue weighted by Gasteiger charge is -2.22. The van der Waals surface area contributed by atoms with E-state index in [1.54, 1.807) is 30.3 Å². The molecule has 1 atom stereocenters. The van der Waals surface area contributed by atoms with Crippen molar-refractivity contribution in [3.63, 3.8) is 0 Å². The third-order valence-electron chi connectivity index (χ3n) is 3.97. The van der Waals surface area contributed by atoms with E-state index < -0.39 is 0 Å². The largest absolute Gasteiger partial charge is 0.486 e. The minimum absolute atomic E-state index is 0.0538. The molecule has 2 heterocycles. The van der Waals surface area contributed by atoms with Gasteiger partial charge in [0.15, 0.2) is 11.5 Å². The van der Waals surface area contributed by atoms with Gasteiger partial charge >= 0.3 is 0 Å². The van der Waals surface area contributed by atoms with Crippen molar-refractivity contribution in [3.8, 4) is 11.5 Å². The number of anilines is 2. The van der Waals surface area contributed by atoms with Gasteiger partial charge < -0.3 is 20.1 Å². The van der Waals surface area contributed by atoms with Gasteiger partial charge in [-0.1, -0.05) is 0 Å². The number of rotatable bonds is 2. The highest BCUT2D eigenvalue weighted by atomic mass is 32.2. The number of amides is 2. The molecule has 128 valence electrons. The summed E-state index contributed by atoms with van der Waals surface area (Å²) in [6, 6.07) is 10.6. The fourth-order valence-corrected chi connectivity index (χ4v) is 3.60. The number of hydrogen-bond donors (Lipinski definition) is 2. The van der Waals surface area contributed by atoms with E-state index in [1.807, 2.05) is 13.0 Å². The Hall–Kier alpha value is -2.67. The molecule has 2 N–H and O–H groups in total. The van der Waals surface area contributed by atoms with Gasteiger partial charge in [0.1, 0.15) is 13.2 Å². The van der Waals surface area contributed by atoms with Gasteiger partial charge in [0.25, 0.3) is 5.91 Å². The molecule has 0 aliphatic carbocycles. The van der Waals surface area contributed by atoms with Crippen LogP contribution in [0, 0.1) is 0 Å². The predicted octanol–water partition coefficient (Wildman–Crippen LogP) is 3.14. The first-order valence-electron chi connectivity index (χ1n) is 7.93. The van der Waals surface area contributed by atoms with Gasteiger partial charge in [-0.2, -0.15) is 0 Å². The van der Waals surface area contributed by atoms with Gasteiger partial charge in [0.2, 0.25) is 5.91 Å². The summed E-state index contributed by atoms with van der Waals surface area (Å²) in [6.45, 7) is 2.87. The lowest BCUT2D eigenvalue weighted by molar-refractivity contribution is -0.115. The molecule has 2 aromatic carbocycles. The van der Waals surface area contributed by atoms with Crippen LogP contribution in [0.15, 0.2) is 41.3 Å². The smallest absolute Gasteiger partial charge is 0.255 e. The number of hydrogen-bond acceptors (Lipinski definition) is 5. The van der Waals surface area contributed by atoms with Crippen molar-refractivity contribution in [1.29, 1.82) is 0 Å². The molecule has 2 aromatic rings. The molecular formula is C18H16N2O4S. The normalized spacial score (nSPS) is 18.1. The van der Waals surface area contributed by atoms with E-state index in [-0.39, 0.29) is 17.1 Å². The second-order valence-corrected chi connectivity index (χ2v) is 7.16. The third-order valence-corrected chi connectivity index (χ3v) is 5.15. The van der Waals surface area contributed by atoms with Crippen LogP contribution in [-0.4, -0.2) is 30.3 Å². The first-order valence-corrected chi connectivity index (χ1v) is 8.81. The number of ether oxygens (including phenoxy) is 2. The Labute approximate surface area is 148 Å². The summed E-state index contributed by atoms with van der Waals surface area (Å²) in [5.74, 6) is 0.985. The van der Waals surface area contributed by atoms with E-state index in [9.17, 15) is 9.59 Å². The van der Waals surface area contributed by atoms with Crippen LogP contribution < -0.4 is 20.1 Å². The molecule has 2 amide bonds. The van der Waals surface area contributed by atoms with Crippen molar-refractivity contribution in [1.82, 2.24) is 0 Å². The molecular weight excluding hydrogens is 340 g/mol. The molecule has 0 saturated heterocycles. The minimum atomic E-state index is -0.252. The summed E-state index contributed by atoms with van der Waals surface area (Å²) < 4.78 is 11.0. The van der Waals surface area contributed by atoms with Gasteiger partial charge in [-0.05, 0) is 37.3 Å². The van der Waals surface area contributed by atoms with Crippen molar-refractivity contribution in [2.75, 3.05) is 23.8 Å². The topological polar surface area (TPSA) is 76.7 Å². The van der Waals surface area contributed by atoms with Gasteiger partial charge in [-0.3, -0.25) is 9.59 Å². The molecule has 0 radical (unpaired) electrons. The predicted molar refractivity (Wildman–Crippen MR) is 95.8 cm³/mol. The van der Waals surface area contributed by atoms with E-state index in [2.05, 4.69) is 10.6 Å². The summed E-state index contributed by atoms with van der Waals surface area (Å²) in [5.41, 5.74) is 1.77. The van der Waals surface area contributed by atoms with Crippen LogP contribution in [0.5, 0.6) is 11.5 Å². The lowest BCUT2D eigenvalue weighted by atomic mass is 10.1. The number of nitrogens with one attached hydrogen (secondary N) is 2. The van der Waals surface area contributed by atoms with E-state index in [0.29, 0.717) is 41.7 Å². The Morgan fingerprint density at radius 2 is 1.96 bits per heavy atom. The number of carbonyl (C=O) groups is 2. The molecule has 4 rings (SSSR count). The third kappa shape index (κ3) is 3.15. The maximum atomic E-state index is 12.5. The molecule has 1 unspecified atom stereocenters. The van der Waals surface area contributed by atoms with Crippen LogP contribution in [0.1, 0.15) is 17.3 Å². The summed E-state index contributed by atoms with van der Waals surface area (Å²) in [7, 11) is 0. The monoisotopic (exact) mass is 356 g/mol. The van der Waals surface area contributed by atoms with Crippen molar-refractivity contribution < 1.29 is 19.1 Å². The summed E-state index contributed by atoms with van der Waals surface area (Å²) in [6.07, 6.45) is 0. The Morgan fingerprint density at radius 3 is 2.80 bits per heavy atom. The van der Waals surface area contributed by atoms with Crippen LogP contribution in [0.25, 0.3) is 0 Å². The Kier molecular flexibility index (Phi) is 4.01. The average molecular weight is 356 g/mol. The van der Waals surface area contributed by atoms with E-state index in [4.69, 9.17) is 9.47 Å². The fourth-order valence-electron chi connectivity index (χ4n) is 2.67. The first kappa shape index (κ1) is 15.8. The average Bonchev–Trinajstić information content (AvgIpc) is 2.62. The second-order valence-electron chi connectivity index (χ2n) is 5.77. The molecule has 6 nitrogen and oxygen atoms in total. The number of thioether (sulfide) groups is 1. The quantitative estimate of drug-likeness (QED) is 0.864. The summed E-state index contributed by atoms with van der Waals surface area (Å²) in [4.78, 5) is 25.3. The van der Waals surface area contributed by atoms with Gasteiger partial charge in [0.05, 0.1) is 10.9 Å². The van der Waals surface area contributed by atoms with Gasteiger partial charge in [-0.15, -0.1) is 11.8 Å². The molecule has 25 heavy (non-hydrogen) atoms. The lowest BCUT2D eigenvalue weighted by Crippen LogP contribution is -2.26. The van der Waals surface area contributed by atoms with Crippen molar-refractivity contribution in [2.45, 2.75) is 17.1 Å². The van der Waals surface area contributed by atoms with Crippen molar-refractivity contribution in [3.05, 3.63) is 42.0 Å². The van der Waals surface area contributed by atoms with E-state index >= 15 is 0 Å². The SMILES string of the molecule is CC1Sc2ccc(C(=O)Nc3ccc4c(c3)OCCO4)cc2NC1=O. The Bertz CT molecular complexity index is 868. The highest BCUT2D eigenvalue weighted by molar-refractivity contribution is 8.00. The number of carbonyl (C=O) groups excluding carboxylic acids is 2. The summed E-state index contributed by atoms with van der Waals surface area (Å²) in [5, 5.41) is 5.54. The molecule has 0 spiro atoms. The zero-order valence-electron chi connectivity index (χ0n) is 13.5. The fraction of sp³-hybridized carbons (Fsp3) is 0.222. The van der Waals surface area contributed by atoms with Crippen LogP contribution in [-0.2, 0) is 4.79 Å². The number of benzene rings is 2. The van der Waals surface area contributed by atoms with E-state index in [0.717, 1.165) is 4.90 Å². The molecule has 0 saturated carbocycles. The number of fused-ring (bicyclic) bond motifs is 2. The van der Waals surface area contributed by atoms with Crippen LogP contribution in [0.3, 0.4) is 0 Å². The molecule has 7 heteroatoms. The molecule has 2 aliphatic heterocycles. The maximum Gasteiger partial charge on any atom is 0.255 e. The van der Waals surface area contributed by atoms with E-state index in [1.165, 1.54) is 11.8 Å². The van der Waals surface area contributed by atoms with Crippen molar-refractivity contribution in [2.24, 2.45) is 0 Å². The first-order chi connectivity index (χ1) is 12.1. The zero-order valence-corrected chi connectivity index (χ0v) is 14.3. The molecule has 0 bridgehead atoms. The molecule has 2 aliphatic rings.